The Morgan fingerprint density at radius 1 is 1.15 bits per heavy atom. The smallest absolute Gasteiger partial charge is 0.262 e. The van der Waals surface area contributed by atoms with Crippen molar-refractivity contribution in [3.05, 3.63) is 48.6 Å². The third-order valence-corrected chi connectivity index (χ3v) is 5.60. The SMILES string of the molecule is COc1cc(-c2cc([C@]3(O)CCN(C)C3=O)on2)nc(-c2ccnc(Nc3cnn(C)c3)n2)c1. The number of hydrogen-bond donors (Lipinski definition) is 2. The van der Waals surface area contributed by atoms with Crippen molar-refractivity contribution in [3.8, 4) is 28.5 Å². The van der Waals surface area contributed by atoms with Crippen molar-refractivity contribution in [2.24, 2.45) is 7.05 Å². The molecule has 1 aliphatic rings. The van der Waals surface area contributed by atoms with E-state index in [9.17, 15) is 9.90 Å². The fourth-order valence-electron chi connectivity index (χ4n) is 3.74. The lowest BCUT2D eigenvalue weighted by atomic mass is 9.98. The number of carbonyl (C=O) groups excluding carboxylic acids is 1. The van der Waals surface area contributed by atoms with Crippen LogP contribution >= 0.6 is 0 Å². The summed E-state index contributed by atoms with van der Waals surface area (Å²) in [6.45, 7) is 0.427. The third-order valence-electron chi connectivity index (χ3n) is 5.60. The zero-order valence-corrected chi connectivity index (χ0v) is 18.8. The van der Waals surface area contributed by atoms with Crippen molar-refractivity contribution < 1.29 is 19.2 Å². The number of amides is 1. The van der Waals surface area contributed by atoms with Gasteiger partial charge in [-0.2, -0.15) is 5.10 Å². The Morgan fingerprint density at radius 2 is 1.94 bits per heavy atom. The van der Waals surface area contributed by atoms with Crippen molar-refractivity contribution in [1.82, 2.24) is 34.8 Å². The summed E-state index contributed by atoms with van der Waals surface area (Å²) in [4.78, 5) is 27.3. The van der Waals surface area contributed by atoms with Crippen LogP contribution in [0.15, 0.2) is 47.4 Å². The van der Waals surface area contributed by atoms with Gasteiger partial charge in [-0.3, -0.25) is 9.48 Å². The predicted molar refractivity (Wildman–Crippen MR) is 120 cm³/mol. The van der Waals surface area contributed by atoms with Crippen molar-refractivity contribution in [1.29, 1.82) is 0 Å². The molecular weight excluding hydrogens is 440 g/mol. The Balaban J connectivity index is 1.48. The highest BCUT2D eigenvalue weighted by atomic mass is 16.5. The van der Waals surface area contributed by atoms with Crippen molar-refractivity contribution >= 4 is 17.5 Å². The minimum absolute atomic E-state index is 0.0769. The van der Waals surface area contributed by atoms with Gasteiger partial charge in [0.2, 0.25) is 11.5 Å². The van der Waals surface area contributed by atoms with Crippen LogP contribution in [-0.2, 0) is 17.4 Å². The molecule has 5 rings (SSSR count). The van der Waals surface area contributed by atoms with Crippen LogP contribution < -0.4 is 10.1 Å². The van der Waals surface area contributed by atoms with E-state index in [2.05, 4.69) is 30.5 Å². The first-order valence-corrected chi connectivity index (χ1v) is 10.5. The molecule has 1 atom stereocenters. The molecule has 1 saturated heterocycles. The molecule has 0 spiro atoms. The number of likely N-dealkylation sites (N-methyl/N-ethyl adjacent to an activating group) is 1. The lowest BCUT2D eigenvalue weighted by molar-refractivity contribution is -0.144. The number of rotatable bonds is 6. The van der Waals surface area contributed by atoms with Crippen molar-refractivity contribution in [2.75, 3.05) is 26.0 Å². The van der Waals surface area contributed by atoms with Crippen LogP contribution in [0.4, 0.5) is 11.6 Å². The molecule has 174 valence electrons. The summed E-state index contributed by atoms with van der Waals surface area (Å²) in [6.07, 6.45) is 5.32. The molecule has 4 aromatic rings. The van der Waals surface area contributed by atoms with E-state index in [1.54, 1.807) is 55.6 Å². The highest BCUT2D eigenvalue weighted by Gasteiger charge is 2.48. The fourth-order valence-corrected chi connectivity index (χ4v) is 3.74. The molecule has 0 aromatic carbocycles. The second kappa shape index (κ2) is 8.23. The van der Waals surface area contributed by atoms with Crippen LogP contribution in [0.2, 0.25) is 0 Å². The van der Waals surface area contributed by atoms with Gasteiger partial charge in [-0.25, -0.2) is 15.0 Å². The molecule has 5 heterocycles. The summed E-state index contributed by atoms with van der Waals surface area (Å²) in [5.74, 6) is 0.559. The van der Waals surface area contributed by atoms with Gasteiger partial charge in [-0.05, 0) is 6.07 Å². The molecule has 1 amide bonds. The lowest BCUT2D eigenvalue weighted by Gasteiger charge is -2.16. The molecule has 4 aromatic heterocycles. The van der Waals surface area contributed by atoms with Crippen LogP contribution in [0.25, 0.3) is 22.8 Å². The topological polar surface area (TPSA) is 144 Å². The number of nitrogens with one attached hydrogen (secondary N) is 1. The number of pyridine rings is 1. The fraction of sp³-hybridized carbons (Fsp3) is 0.273. The number of methoxy groups -OCH3 is 1. The van der Waals surface area contributed by atoms with Gasteiger partial charge in [0, 0.05) is 57.7 Å². The first kappa shape index (κ1) is 21.5. The molecule has 0 aliphatic carbocycles. The average Bonchev–Trinajstić information content (AvgIpc) is 3.56. The lowest BCUT2D eigenvalue weighted by Crippen LogP contribution is -2.35. The molecule has 12 nitrogen and oxygen atoms in total. The van der Waals surface area contributed by atoms with Crippen LogP contribution in [0.5, 0.6) is 5.75 Å². The molecule has 0 radical (unpaired) electrons. The highest BCUT2D eigenvalue weighted by molar-refractivity contribution is 5.87. The Kier molecular flexibility index (Phi) is 5.21. The molecule has 1 fully saturated rings. The molecule has 34 heavy (non-hydrogen) atoms. The van der Waals surface area contributed by atoms with Crippen LogP contribution in [0, 0.1) is 0 Å². The van der Waals surface area contributed by atoms with E-state index in [1.807, 2.05) is 7.05 Å². The minimum Gasteiger partial charge on any atom is -0.497 e. The minimum atomic E-state index is -1.73. The first-order valence-electron chi connectivity index (χ1n) is 10.5. The third kappa shape index (κ3) is 3.83. The Labute approximate surface area is 194 Å². The zero-order valence-electron chi connectivity index (χ0n) is 18.8. The van der Waals surface area contributed by atoms with Crippen molar-refractivity contribution in [2.45, 2.75) is 12.0 Å². The van der Waals surface area contributed by atoms with Gasteiger partial charge < -0.3 is 24.6 Å². The Morgan fingerprint density at radius 3 is 2.62 bits per heavy atom. The molecule has 0 unspecified atom stereocenters. The van der Waals surface area contributed by atoms with Crippen LogP contribution in [0.3, 0.4) is 0 Å². The second-order valence-electron chi connectivity index (χ2n) is 7.98. The summed E-state index contributed by atoms with van der Waals surface area (Å²) in [7, 11) is 4.99. The summed E-state index contributed by atoms with van der Waals surface area (Å²) in [5, 5.41) is 22.1. The number of ether oxygens (including phenoxy) is 1. The van der Waals surface area contributed by atoms with E-state index < -0.39 is 11.5 Å². The Hall–Kier alpha value is -4.32. The molecule has 0 bridgehead atoms. The number of nitrogens with zero attached hydrogens (tertiary/aromatic N) is 7. The number of anilines is 2. The summed E-state index contributed by atoms with van der Waals surface area (Å²) < 4.78 is 12.5. The molecular formula is C22H22N8O4. The average molecular weight is 462 g/mol. The number of aromatic nitrogens is 6. The summed E-state index contributed by atoms with van der Waals surface area (Å²) >= 11 is 0. The van der Waals surface area contributed by atoms with Crippen molar-refractivity contribution in [3.63, 3.8) is 0 Å². The van der Waals surface area contributed by atoms with Gasteiger partial charge in [-0.15, -0.1) is 0 Å². The summed E-state index contributed by atoms with van der Waals surface area (Å²) in [5.41, 5.74) is 0.878. The van der Waals surface area contributed by atoms with Gasteiger partial charge in [0.25, 0.3) is 5.91 Å². The van der Waals surface area contributed by atoms with Crippen LogP contribution in [-0.4, -0.2) is 66.5 Å². The number of aryl methyl sites for hydroxylation is 1. The van der Waals surface area contributed by atoms with Gasteiger partial charge in [0.15, 0.2) is 5.76 Å². The van der Waals surface area contributed by atoms with Gasteiger partial charge in [-0.1, -0.05) is 5.16 Å². The van der Waals surface area contributed by atoms with E-state index in [-0.39, 0.29) is 12.2 Å². The second-order valence-corrected chi connectivity index (χ2v) is 7.98. The molecule has 0 saturated carbocycles. The van der Waals surface area contributed by atoms with Gasteiger partial charge in [0.05, 0.1) is 36.1 Å². The van der Waals surface area contributed by atoms with E-state index in [0.29, 0.717) is 41.0 Å². The van der Waals surface area contributed by atoms with Gasteiger partial charge in [0.1, 0.15) is 11.4 Å². The largest absolute Gasteiger partial charge is 0.497 e. The zero-order chi connectivity index (χ0) is 23.9. The molecule has 12 heteroatoms. The number of aliphatic hydroxyl groups is 1. The first-order chi connectivity index (χ1) is 16.4. The molecule has 2 N–H and O–H groups in total. The van der Waals surface area contributed by atoms with Crippen LogP contribution in [0.1, 0.15) is 12.2 Å². The normalized spacial score (nSPS) is 17.9. The van der Waals surface area contributed by atoms with Gasteiger partial charge >= 0.3 is 0 Å². The number of likely N-dealkylation sites (tertiary alicyclic amines) is 1. The monoisotopic (exact) mass is 462 g/mol. The van der Waals surface area contributed by atoms with E-state index in [1.165, 1.54) is 11.0 Å². The standard InChI is InChI=1S/C22H22N8O4/c1-29-7-5-22(32,20(29)31)19-10-18(28-34-19)17-9-14(33-3)8-16(26-17)15-4-6-23-21(27-15)25-13-11-24-30(2)12-13/h4,6,8-12,32H,5,7H2,1-3H3,(H,23,25,27)/t22-/m1/s1. The number of carbonyl (C=O) groups is 1. The quantitative estimate of drug-likeness (QED) is 0.434. The number of hydrogen-bond acceptors (Lipinski definition) is 10. The summed E-state index contributed by atoms with van der Waals surface area (Å²) in [6, 6.07) is 6.68. The Bertz CT molecular complexity index is 1370. The molecule has 1 aliphatic heterocycles. The maximum absolute atomic E-state index is 12.4. The van der Waals surface area contributed by atoms with E-state index >= 15 is 0 Å². The van der Waals surface area contributed by atoms with E-state index in [0.717, 1.165) is 5.69 Å². The highest BCUT2D eigenvalue weighted by Crippen LogP contribution is 2.35. The maximum atomic E-state index is 12.4. The predicted octanol–water partition coefficient (Wildman–Crippen LogP) is 1.73. The maximum Gasteiger partial charge on any atom is 0.262 e. The van der Waals surface area contributed by atoms with E-state index in [4.69, 9.17) is 9.26 Å².